The molecule has 0 unspecified atom stereocenters. The number of carbonyl (C=O) groups excluding carboxylic acids is 1. The van der Waals surface area contributed by atoms with Crippen molar-refractivity contribution in [3.63, 3.8) is 0 Å². The lowest BCUT2D eigenvalue weighted by molar-refractivity contribution is -0.121. The van der Waals surface area contributed by atoms with Gasteiger partial charge in [0, 0.05) is 6.42 Å². The van der Waals surface area contributed by atoms with E-state index in [0.717, 1.165) is 11.3 Å². The quantitative estimate of drug-likeness (QED) is 0.800. The van der Waals surface area contributed by atoms with Crippen molar-refractivity contribution in [2.75, 3.05) is 13.2 Å². The smallest absolute Gasteiger partial charge is 0.220 e. The molecule has 2 rings (SSSR count). The van der Waals surface area contributed by atoms with Gasteiger partial charge in [0.1, 0.15) is 12.4 Å². The van der Waals surface area contributed by atoms with Crippen LogP contribution in [-0.2, 0) is 11.2 Å². The summed E-state index contributed by atoms with van der Waals surface area (Å²) >= 11 is 0. The van der Waals surface area contributed by atoms with Crippen LogP contribution < -0.4 is 10.1 Å². The zero-order valence-corrected chi connectivity index (χ0v) is 13.2. The molecular formula is C19H20N2O2. The van der Waals surface area contributed by atoms with E-state index in [0.29, 0.717) is 31.6 Å². The number of nitriles is 1. The van der Waals surface area contributed by atoms with Gasteiger partial charge in [-0.3, -0.25) is 4.79 Å². The molecule has 0 bridgehead atoms. The molecule has 118 valence electrons. The first kappa shape index (κ1) is 16.6. The second-order valence-corrected chi connectivity index (χ2v) is 5.32. The number of rotatable bonds is 7. The highest BCUT2D eigenvalue weighted by atomic mass is 16.5. The van der Waals surface area contributed by atoms with Gasteiger partial charge in [-0.05, 0) is 43.2 Å². The summed E-state index contributed by atoms with van der Waals surface area (Å²) in [4.78, 5) is 11.8. The number of hydrogen-bond acceptors (Lipinski definition) is 3. The van der Waals surface area contributed by atoms with Crippen LogP contribution in [0.4, 0.5) is 0 Å². The van der Waals surface area contributed by atoms with Crippen molar-refractivity contribution in [1.29, 1.82) is 5.26 Å². The van der Waals surface area contributed by atoms with Gasteiger partial charge in [0.2, 0.25) is 5.91 Å². The fraction of sp³-hybridized carbons (Fsp3) is 0.263. The Labute approximate surface area is 136 Å². The fourth-order valence-corrected chi connectivity index (χ4v) is 2.09. The summed E-state index contributed by atoms with van der Waals surface area (Å²) in [6.45, 7) is 2.96. The fourth-order valence-electron chi connectivity index (χ4n) is 2.09. The van der Waals surface area contributed by atoms with Crippen LogP contribution in [-0.4, -0.2) is 19.1 Å². The molecule has 2 aromatic carbocycles. The van der Waals surface area contributed by atoms with Crippen LogP contribution in [0, 0.1) is 18.3 Å². The van der Waals surface area contributed by atoms with Gasteiger partial charge < -0.3 is 10.1 Å². The van der Waals surface area contributed by atoms with Crippen LogP contribution in [0.25, 0.3) is 0 Å². The first-order valence-electron chi connectivity index (χ1n) is 7.62. The molecule has 2 aromatic rings. The van der Waals surface area contributed by atoms with E-state index in [2.05, 4.69) is 11.4 Å². The molecule has 0 saturated carbocycles. The number of ether oxygens (including phenoxy) is 1. The van der Waals surface area contributed by atoms with Crippen LogP contribution in [0.2, 0.25) is 0 Å². The van der Waals surface area contributed by atoms with Gasteiger partial charge in [-0.25, -0.2) is 0 Å². The Morgan fingerprint density at radius 2 is 1.83 bits per heavy atom. The number of carbonyl (C=O) groups is 1. The molecule has 0 saturated heterocycles. The second kappa shape index (κ2) is 8.60. The molecule has 0 aromatic heterocycles. The number of aryl methyl sites for hydroxylation is 2. The molecule has 0 atom stereocenters. The Morgan fingerprint density at radius 3 is 2.48 bits per heavy atom. The largest absolute Gasteiger partial charge is 0.492 e. The van der Waals surface area contributed by atoms with Gasteiger partial charge in [-0.1, -0.05) is 29.8 Å². The van der Waals surface area contributed by atoms with Gasteiger partial charge in [0.25, 0.3) is 0 Å². The van der Waals surface area contributed by atoms with E-state index < -0.39 is 0 Å². The lowest BCUT2D eigenvalue weighted by Gasteiger charge is -2.08. The minimum absolute atomic E-state index is 0.00173. The molecule has 0 spiro atoms. The molecule has 0 radical (unpaired) electrons. The van der Waals surface area contributed by atoms with E-state index in [9.17, 15) is 4.79 Å². The molecule has 0 heterocycles. The molecule has 0 aliphatic rings. The highest BCUT2D eigenvalue weighted by Crippen LogP contribution is 2.10. The summed E-state index contributed by atoms with van der Waals surface area (Å²) in [6.07, 6.45) is 1.09. The number of amides is 1. The third-order valence-electron chi connectivity index (χ3n) is 3.44. The van der Waals surface area contributed by atoms with Crippen LogP contribution in [0.15, 0.2) is 48.5 Å². The standard InChI is InChI=1S/C19H20N2O2/c1-15-2-9-18(10-3-15)23-13-12-21-19(22)11-8-16-4-6-17(14-20)7-5-16/h2-7,9-10H,8,11-13H2,1H3,(H,21,22). The SMILES string of the molecule is Cc1ccc(OCCNC(=O)CCc2ccc(C#N)cc2)cc1. The Hall–Kier alpha value is -2.80. The zero-order chi connectivity index (χ0) is 16.5. The minimum atomic E-state index is 0.00173. The van der Waals surface area contributed by atoms with E-state index in [1.807, 2.05) is 43.3 Å². The van der Waals surface area contributed by atoms with E-state index in [1.165, 1.54) is 5.56 Å². The maximum atomic E-state index is 11.8. The lowest BCUT2D eigenvalue weighted by Crippen LogP contribution is -2.28. The highest BCUT2D eigenvalue weighted by Gasteiger charge is 2.02. The van der Waals surface area contributed by atoms with Crippen molar-refractivity contribution in [1.82, 2.24) is 5.32 Å². The molecule has 0 aliphatic carbocycles. The molecule has 1 amide bonds. The summed E-state index contributed by atoms with van der Waals surface area (Å²) in [6, 6.07) is 17.2. The van der Waals surface area contributed by atoms with E-state index in [4.69, 9.17) is 10.00 Å². The maximum absolute atomic E-state index is 11.8. The predicted octanol–water partition coefficient (Wildman–Crippen LogP) is 2.99. The monoisotopic (exact) mass is 308 g/mol. The molecule has 0 aliphatic heterocycles. The van der Waals surface area contributed by atoms with Crippen molar-refractivity contribution in [2.45, 2.75) is 19.8 Å². The van der Waals surface area contributed by atoms with Crippen LogP contribution >= 0.6 is 0 Å². The van der Waals surface area contributed by atoms with Crippen molar-refractivity contribution in [3.8, 4) is 11.8 Å². The Kier molecular flexibility index (Phi) is 6.19. The third-order valence-corrected chi connectivity index (χ3v) is 3.44. The Morgan fingerprint density at radius 1 is 1.13 bits per heavy atom. The number of nitrogens with one attached hydrogen (secondary N) is 1. The number of hydrogen-bond donors (Lipinski definition) is 1. The van der Waals surface area contributed by atoms with Gasteiger partial charge in [0.05, 0.1) is 18.2 Å². The first-order chi connectivity index (χ1) is 11.2. The predicted molar refractivity (Wildman–Crippen MR) is 89.2 cm³/mol. The van der Waals surface area contributed by atoms with Crippen LogP contribution in [0.3, 0.4) is 0 Å². The highest BCUT2D eigenvalue weighted by molar-refractivity contribution is 5.76. The summed E-state index contributed by atoms with van der Waals surface area (Å²) < 4.78 is 5.55. The zero-order valence-electron chi connectivity index (χ0n) is 13.2. The van der Waals surface area contributed by atoms with E-state index in [-0.39, 0.29) is 5.91 Å². The Bertz CT molecular complexity index is 670. The normalized spacial score (nSPS) is 9.91. The van der Waals surface area contributed by atoms with E-state index >= 15 is 0 Å². The average Bonchev–Trinajstić information content (AvgIpc) is 2.59. The molecule has 0 fully saturated rings. The van der Waals surface area contributed by atoms with Crippen LogP contribution in [0.1, 0.15) is 23.1 Å². The van der Waals surface area contributed by atoms with E-state index in [1.54, 1.807) is 12.1 Å². The second-order valence-electron chi connectivity index (χ2n) is 5.32. The summed E-state index contributed by atoms with van der Waals surface area (Å²) in [5, 5.41) is 11.6. The van der Waals surface area contributed by atoms with Crippen molar-refractivity contribution in [3.05, 3.63) is 65.2 Å². The molecule has 23 heavy (non-hydrogen) atoms. The van der Waals surface area contributed by atoms with Crippen LogP contribution in [0.5, 0.6) is 5.75 Å². The van der Waals surface area contributed by atoms with Crippen molar-refractivity contribution in [2.24, 2.45) is 0 Å². The number of nitrogens with zero attached hydrogens (tertiary/aromatic N) is 1. The molecule has 4 heteroatoms. The lowest BCUT2D eigenvalue weighted by atomic mass is 10.1. The molecular weight excluding hydrogens is 288 g/mol. The molecule has 4 nitrogen and oxygen atoms in total. The van der Waals surface area contributed by atoms with Gasteiger partial charge >= 0.3 is 0 Å². The van der Waals surface area contributed by atoms with Gasteiger partial charge in [-0.15, -0.1) is 0 Å². The van der Waals surface area contributed by atoms with Gasteiger partial charge in [0.15, 0.2) is 0 Å². The summed E-state index contributed by atoms with van der Waals surface area (Å²) in [5.41, 5.74) is 2.87. The Balaban J connectivity index is 1.63. The first-order valence-corrected chi connectivity index (χ1v) is 7.62. The minimum Gasteiger partial charge on any atom is -0.492 e. The van der Waals surface area contributed by atoms with Crippen molar-refractivity contribution >= 4 is 5.91 Å². The van der Waals surface area contributed by atoms with Crippen molar-refractivity contribution < 1.29 is 9.53 Å². The average molecular weight is 308 g/mol. The topological polar surface area (TPSA) is 62.1 Å². The van der Waals surface area contributed by atoms with Gasteiger partial charge in [-0.2, -0.15) is 5.26 Å². The maximum Gasteiger partial charge on any atom is 0.220 e. The third kappa shape index (κ3) is 5.84. The molecule has 1 N–H and O–H groups in total. The summed E-state index contributed by atoms with van der Waals surface area (Å²) in [5.74, 6) is 0.810. The summed E-state index contributed by atoms with van der Waals surface area (Å²) in [7, 11) is 0. The number of benzene rings is 2.